The molecule has 5 nitrogen and oxygen atoms in total. The Morgan fingerprint density at radius 1 is 1.24 bits per heavy atom. The van der Waals surface area contributed by atoms with E-state index >= 15 is 0 Å². The van der Waals surface area contributed by atoms with Crippen LogP contribution < -0.4 is 10.6 Å². The van der Waals surface area contributed by atoms with Crippen molar-refractivity contribution in [3.05, 3.63) is 54.0 Å². The van der Waals surface area contributed by atoms with Gasteiger partial charge >= 0.3 is 0 Å². The summed E-state index contributed by atoms with van der Waals surface area (Å²) < 4.78 is 0. The van der Waals surface area contributed by atoms with Crippen LogP contribution in [0.4, 0.5) is 5.82 Å². The van der Waals surface area contributed by atoms with Gasteiger partial charge in [0.1, 0.15) is 11.5 Å². The molecule has 0 saturated carbocycles. The van der Waals surface area contributed by atoms with Gasteiger partial charge in [-0.1, -0.05) is 12.1 Å². The van der Waals surface area contributed by atoms with Crippen LogP contribution in [-0.4, -0.2) is 29.0 Å². The van der Waals surface area contributed by atoms with Crippen LogP contribution in [0.15, 0.2) is 42.6 Å². The molecule has 21 heavy (non-hydrogen) atoms. The molecule has 0 aromatic carbocycles. The molecule has 1 aliphatic rings. The number of nitrogens with zero attached hydrogens (tertiary/aromatic N) is 2. The lowest BCUT2D eigenvalue weighted by molar-refractivity contribution is 0.102. The third kappa shape index (κ3) is 3.44. The molecule has 1 atom stereocenters. The van der Waals surface area contributed by atoms with Gasteiger partial charge in [0.2, 0.25) is 0 Å². The number of carbonyl (C=O) groups excluding carboxylic acids is 1. The van der Waals surface area contributed by atoms with Crippen LogP contribution >= 0.6 is 0 Å². The first kappa shape index (κ1) is 13.7. The Morgan fingerprint density at radius 3 is 2.95 bits per heavy atom. The molecule has 0 aliphatic carbocycles. The number of hydrogen-bond donors (Lipinski definition) is 2. The first-order valence-electron chi connectivity index (χ1n) is 7.23. The first-order chi connectivity index (χ1) is 10.3. The van der Waals surface area contributed by atoms with Gasteiger partial charge in [-0.05, 0) is 43.7 Å². The van der Waals surface area contributed by atoms with Gasteiger partial charge in [0.25, 0.3) is 5.91 Å². The highest BCUT2D eigenvalue weighted by molar-refractivity contribution is 6.02. The quantitative estimate of drug-likeness (QED) is 0.905. The van der Waals surface area contributed by atoms with Crippen LogP contribution in [0, 0.1) is 0 Å². The first-order valence-corrected chi connectivity index (χ1v) is 7.23. The zero-order valence-corrected chi connectivity index (χ0v) is 11.7. The minimum atomic E-state index is -0.223. The molecule has 108 valence electrons. The number of amides is 1. The molecule has 2 aromatic rings. The molecule has 2 aromatic heterocycles. The molecule has 1 saturated heterocycles. The summed E-state index contributed by atoms with van der Waals surface area (Å²) in [5, 5.41) is 6.13. The van der Waals surface area contributed by atoms with E-state index in [-0.39, 0.29) is 5.91 Å². The summed E-state index contributed by atoms with van der Waals surface area (Å²) in [5.41, 5.74) is 1.42. The Hall–Kier alpha value is -2.27. The molecule has 1 amide bonds. The van der Waals surface area contributed by atoms with Gasteiger partial charge < -0.3 is 10.6 Å². The number of piperidine rings is 1. The van der Waals surface area contributed by atoms with Crippen molar-refractivity contribution in [3.63, 3.8) is 0 Å². The average Bonchev–Trinajstić information content (AvgIpc) is 2.57. The van der Waals surface area contributed by atoms with E-state index in [0.717, 1.165) is 31.6 Å². The second kappa shape index (κ2) is 6.45. The third-order valence-corrected chi connectivity index (χ3v) is 3.62. The van der Waals surface area contributed by atoms with Crippen LogP contribution in [0.2, 0.25) is 0 Å². The molecule has 1 aliphatic heterocycles. The Balaban J connectivity index is 1.74. The fraction of sp³-hybridized carbons (Fsp3) is 0.312. The predicted molar refractivity (Wildman–Crippen MR) is 81.3 cm³/mol. The van der Waals surface area contributed by atoms with Gasteiger partial charge in [-0.25, -0.2) is 9.97 Å². The number of carbonyl (C=O) groups is 1. The van der Waals surface area contributed by atoms with E-state index in [4.69, 9.17) is 0 Å². The summed E-state index contributed by atoms with van der Waals surface area (Å²) in [4.78, 5) is 20.8. The third-order valence-electron chi connectivity index (χ3n) is 3.62. The average molecular weight is 282 g/mol. The van der Waals surface area contributed by atoms with E-state index in [9.17, 15) is 4.79 Å². The topological polar surface area (TPSA) is 66.9 Å². The molecule has 5 heteroatoms. The van der Waals surface area contributed by atoms with E-state index in [1.54, 1.807) is 18.3 Å². The van der Waals surface area contributed by atoms with Crippen LogP contribution in [0.3, 0.4) is 0 Å². The van der Waals surface area contributed by atoms with E-state index in [1.807, 2.05) is 24.3 Å². The highest BCUT2D eigenvalue weighted by Gasteiger charge is 2.18. The predicted octanol–water partition coefficient (Wildman–Crippen LogP) is 2.20. The van der Waals surface area contributed by atoms with Crippen molar-refractivity contribution in [2.75, 3.05) is 18.4 Å². The van der Waals surface area contributed by atoms with Crippen molar-refractivity contribution in [2.24, 2.45) is 0 Å². The van der Waals surface area contributed by atoms with Crippen molar-refractivity contribution in [2.45, 2.75) is 18.8 Å². The van der Waals surface area contributed by atoms with Crippen LogP contribution in [-0.2, 0) is 0 Å². The molecule has 2 N–H and O–H groups in total. The Kier molecular flexibility index (Phi) is 4.21. The van der Waals surface area contributed by atoms with Gasteiger partial charge in [-0.15, -0.1) is 0 Å². The summed E-state index contributed by atoms with van der Waals surface area (Å²) >= 11 is 0. The fourth-order valence-corrected chi connectivity index (χ4v) is 2.53. The molecule has 0 radical (unpaired) electrons. The second-order valence-electron chi connectivity index (χ2n) is 5.16. The van der Waals surface area contributed by atoms with E-state index in [1.165, 1.54) is 0 Å². The number of anilines is 1. The molecule has 3 rings (SSSR count). The monoisotopic (exact) mass is 282 g/mol. The van der Waals surface area contributed by atoms with Gasteiger partial charge in [0.05, 0.1) is 0 Å². The highest BCUT2D eigenvalue weighted by atomic mass is 16.1. The molecular formula is C16H18N4O. The van der Waals surface area contributed by atoms with Crippen molar-refractivity contribution < 1.29 is 4.79 Å². The van der Waals surface area contributed by atoms with E-state index in [2.05, 4.69) is 20.6 Å². The maximum absolute atomic E-state index is 12.2. The van der Waals surface area contributed by atoms with Crippen molar-refractivity contribution in [1.82, 2.24) is 15.3 Å². The SMILES string of the molecule is O=C(Nc1ccccn1)c1cccc(C2CCCNC2)n1. The van der Waals surface area contributed by atoms with Gasteiger partial charge in [0.15, 0.2) is 0 Å². The normalized spacial score (nSPS) is 18.2. The van der Waals surface area contributed by atoms with Gasteiger partial charge in [-0.2, -0.15) is 0 Å². The van der Waals surface area contributed by atoms with Crippen molar-refractivity contribution in [1.29, 1.82) is 0 Å². The lowest BCUT2D eigenvalue weighted by Crippen LogP contribution is -2.29. The molecule has 0 bridgehead atoms. The van der Waals surface area contributed by atoms with Gasteiger partial charge in [-0.3, -0.25) is 4.79 Å². The number of aromatic nitrogens is 2. The fourth-order valence-electron chi connectivity index (χ4n) is 2.53. The molecule has 1 fully saturated rings. The van der Waals surface area contributed by atoms with E-state index < -0.39 is 0 Å². The van der Waals surface area contributed by atoms with Crippen LogP contribution in [0.25, 0.3) is 0 Å². The minimum absolute atomic E-state index is 0.223. The zero-order valence-electron chi connectivity index (χ0n) is 11.7. The number of pyridine rings is 2. The summed E-state index contributed by atoms with van der Waals surface area (Å²) in [6, 6.07) is 11.0. The van der Waals surface area contributed by atoms with Crippen molar-refractivity contribution >= 4 is 11.7 Å². The largest absolute Gasteiger partial charge is 0.316 e. The molecule has 0 spiro atoms. The number of rotatable bonds is 3. The Labute approximate surface area is 123 Å². The summed E-state index contributed by atoms with van der Waals surface area (Å²) in [6.45, 7) is 1.99. The maximum Gasteiger partial charge on any atom is 0.275 e. The lowest BCUT2D eigenvalue weighted by atomic mass is 9.95. The molecular weight excluding hydrogens is 264 g/mol. The van der Waals surface area contributed by atoms with E-state index in [0.29, 0.717) is 17.4 Å². The summed E-state index contributed by atoms with van der Waals surface area (Å²) in [6.07, 6.45) is 3.91. The number of nitrogens with one attached hydrogen (secondary N) is 2. The standard InChI is InChI=1S/C16H18N4O/c21-16(20-15-8-1-2-10-18-15)14-7-3-6-13(19-14)12-5-4-9-17-11-12/h1-3,6-8,10,12,17H,4-5,9,11H2,(H,18,20,21). The van der Waals surface area contributed by atoms with Crippen LogP contribution in [0.1, 0.15) is 34.9 Å². The summed E-state index contributed by atoms with van der Waals surface area (Å²) in [7, 11) is 0. The molecule has 3 heterocycles. The number of hydrogen-bond acceptors (Lipinski definition) is 4. The maximum atomic E-state index is 12.2. The Morgan fingerprint density at radius 2 is 2.19 bits per heavy atom. The van der Waals surface area contributed by atoms with Crippen LogP contribution in [0.5, 0.6) is 0 Å². The Bertz CT molecular complexity index is 609. The molecule has 1 unspecified atom stereocenters. The highest BCUT2D eigenvalue weighted by Crippen LogP contribution is 2.21. The van der Waals surface area contributed by atoms with Gasteiger partial charge in [0, 0.05) is 24.4 Å². The summed E-state index contributed by atoms with van der Waals surface area (Å²) in [5.74, 6) is 0.703. The second-order valence-corrected chi connectivity index (χ2v) is 5.16. The smallest absolute Gasteiger partial charge is 0.275 e. The van der Waals surface area contributed by atoms with Crippen molar-refractivity contribution in [3.8, 4) is 0 Å². The lowest BCUT2D eigenvalue weighted by Gasteiger charge is -2.22. The minimum Gasteiger partial charge on any atom is -0.316 e. The zero-order chi connectivity index (χ0) is 14.5.